The van der Waals surface area contributed by atoms with Gasteiger partial charge in [-0.15, -0.1) is 0 Å². The highest BCUT2D eigenvalue weighted by Gasteiger charge is 2.23. The van der Waals surface area contributed by atoms with Crippen LogP contribution in [-0.4, -0.2) is 72.5 Å². The predicted octanol–water partition coefficient (Wildman–Crippen LogP) is 0.142. The second kappa shape index (κ2) is 7.47. The fourth-order valence-electron chi connectivity index (χ4n) is 2.91. The molecule has 0 aliphatic carbocycles. The first-order chi connectivity index (χ1) is 12.0. The number of rotatable bonds is 6. The Morgan fingerprint density at radius 1 is 1.08 bits per heavy atom. The van der Waals surface area contributed by atoms with Crippen LogP contribution in [0.1, 0.15) is 22.8 Å². The molecule has 9 nitrogen and oxygen atoms in total. The molecule has 0 bridgehead atoms. The molecular formula is C16H22N6O3. The van der Waals surface area contributed by atoms with E-state index >= 15 is 0 Å². The lowest BCUT2D eigenvalue weighted by Gasteiger charge is -2.34. The van der Waals surface area contributed by atoms with Gasteiger partial charge in [0.1, 0.15) is 6.54 Å². The lowest BCUT2D eigenvalue weighted by molar-refractivity contribution is -0.137. The zero-order valence-corrected chi connectivity index (χ0v) is 14.2. The van der Waals surface area contributed by atoms with Crippen LogP contribution in [0.2, 0.25) is 0 Å². The molecule has 0 atom stereocenters. The van der Waals surface area contributed by atoms with Crippen molar-refractivity contribution in [1.29, 1.82) is 0 Å². The summed E-state index contributed by atoms with van der Waals surface area (Å²) in [4.78, 5) is 27.3. The van der Waals surface area contributed by atoms with E-state index in [4.69, 9.17) is 5.11 Å². The van der Waals surface area contributed by atoms with Crippen molar-refractivity contribution in [2.45, 2.75) is 26.6 Å². The lowest BCUT2D eigenvalue weighted by Crippen LogP contribution is -2.48. The smallest absolute Gasteiger partial charge is 0.325 e. The highest BCUT2D eigenvalue weighted by atomic mass is 16.4. The van der Waals surface area contributed by atoms with Gasteiger partial charge in [-0.3, -0.25) is 23.9 Å². The summed E-state index contributed by atoms with van der Waals surface area (Å²) < 4.78 is 3.17. The summed E-state index contributed by atoms with van der Waals surface area (Å²) in [6, 6.07) is 0. The van der Waals surface area contributed by atoms with Gasteiger partial charge in [-0.1, -0.05) is 0 Å². The Morgan fingerprint density at radius 3 is 2.44 bits per heavy atom. The zero-order chi connectivity index (χ0) is 17.8. The van der Waals surface area contributed by atoms with E-state index in [0.717, 1.165) is 26.2 Å². The van der Waals surface area contributed by atoms with Crippen LogP contribution in [0.25, 0.3) is 0 Å². The van der Waals surface area contributed by atoms with E-state index in [1.54, 1.807) is 4.90 Å². The summed E-state index contributed by atoms with van der Waals surface area (Å²) in [6.45, 7) is 6.39. The number of nitrogens with zero attached hydrogens (tertiary/aromatic N) is 6. The van der Waals surface area contributed by atoms with E-state index < -0.39 is 5.97 Å². The minimum Gasteiger partial charge on any atom is -0.480 e. The Bertz CT molecular complexity index is 745. The molecule has 3 rings (SSSR count). The molecule has 2 aromatic heterocycles. The van der Waals surface area contributed by atoms with E-state index in [1.165, 1.54) is 22.6 Å². The van der Waals surface area contributed by atoms with Crippen LogP contribution in [0.3, 0.4) is 0 Å². The highest BCUT2D eigenvalue weighted by molar-refractivity contribution is 5.93. The minimum absolute atomic E-state index is 0.102. The molecule has 0 unspecified atom stereocenters. The Hall–Kier alpha value is -2.68. The van der Waals surface area contributed by atoms with E-state index in [1.807, 2.05) is 17.1 Å². The average molecular weight is 346 g/mol. The maximum atomic E-state index is 12.5. The SMILES string of the molecule is CCn1cc(CN2CCN(C(=O)c3cnn(CC(=O)O)c3)CC2)cn1. The van der Waals surface area contributed by atoms with Gasteiger partial charge in [-0.05, 0) is 6.92 Å². The van der Waals surface area contributed by atoms with Gasteiger partial charge in [0.25, 0.3) is 5.91 Å². The van der Waals surface area contributed by atoms with Crippen molar-refractivity contribution in [2.24, 2.45) is 0 Å². The van der Waals surface area contributed by atoms with Crippen molar-refractivity contribution in [3.63, 3.8) is 0 Å². The van der Waals surface area contributed by atoms with Crippen LogP contribution >= 0.6 is 0 Å². The molecular weight excluding hydrogens is 324 g/mol. The first-order valence-corrected chi connectivity index (χ1v) is 8.32. The summed E-state index contributed by atoms with van der Waals surface area (Å²) in [5.74, 6) is -1.09. The third-order valence-corrected chi connectivity index (χ3v) is 4.25. The maximum absolute atomic E-state index is 12.5. The van der Waals surface area contributed by atoms with Crippen molar-refractivity contribution >= 4 is 11.9 Å². The molecule has 0 aromatic carbocycles. The third-order valence-electron chi connectivity index (χ3n) is 4.25. The zero-order valence-electron chi connectivity index (χ0n) is 14.2. The Kier molecular flexibility index (Phi) is 5.13. The number of amides is 1. The first-order valence-electron chi connectivity index (χ1n) is 8.32. The summed E-state index contributed by atoms with van der Waals surface area (Å²) >= 11 is 0. The number of hydrogen-bond acceptors (Lipinski definition) is 5. The van der Waals surface area contributed by atoms with Gasteiger partial charge in [0, 0.05) is 57.2 Å². The molecule has 1 aliphatic rings. The maximum Gasteiger partial charge on any atom is 0.325 e. The van der Waals surface area contributed by atoms with Crippen molar-refractivity contribution < 1.29 is 14.7 Å². The monoisotopic (exact) mass is 346 g/mol. The van der Waals surface area contributed by atoms with E-state index in [-0.39, 0.29) is 12.5 Å². The predicted molar refractivity (Wildman–Crippen MR) is 88.9 cm³/mol. The lowest BCUT2D eigenvalue weighted by atomic mass is 10.2. The fourth-order valence-corrected chi connectivity index (χ4v) is 2.91. The molecule has 134 valence electrons. The largest absolute Gasteiger partial charge is 0.480 e. The second-order valence-electron chi connectivity index (χ2n) is 6.09. The van der Waals surface area contributed by atoms with E-state index in [9.17, 15) is 9.59 Å². The van der Waals surface area contributed by atoms with Gasteiger partial charge in [0.05, 0.1) is 18.0 Å². The van der Waals surface area contributed by atoms with Gasteiger partial charge in [-0.25, -0.2) is 0 Å². The molecule has 0 radical (unpaired) electrons. The van der Waals surface area contributed by atoms with Crippen LogP contribution in [0.15, 0.2) is 24.8 Å². The van der Waals surface area contributed by atoms with Crippen LogP contribution in [0.4, 0.5) is 0 Å². The average Bonchev–Trinajstić information content (AvgIpc) is 3.24. The quantitative estimate of drug-likeness (QED) is 0.799. The van der Waals surface area contributed by atoms with Crippen LogP contribution in [-0.2, 0) is 24.4 Å². The van der Waals surface area contributed by atoms with Crippen molar-refractivity contribution in [2.75, 3.05) is 26.2 Å². The molecule has 1 N–H and O–H groups in total. The number of carbonyl (C=O) groups is 2. The third kappa shape index (κ3) is 4.24. The number of carboxylic acid groups (broad SMARTS) is 1. The molecule has 1 amide bonds. The summed E-state index contributed by atoms with van der Waals surface area (Å²) in [6.07, 6.45) is 6.85. The molecule has 1 fully saturated rings. The van der Waals surface area contributed by atoms with Crippen molar-refractivity contribution in [3.05, 3.63) is 35.9 Å². The van der Waals surface area contributed by atoms with Gasteiger partial charge in [0.2, 0.25) is 0 Å². The minimum atomic E-state index is -0.984. The normalized spacial score (nSPS) is 15.5. The number of piperazine rings is 1. The summed E-state index contributed by atoms with van der Waals surface area (Å²) in [5.41, 5.74) is 1.61. The van der Waals surface area contributed by atoms with Gasteiger partial charge in [-0.2, -0.15) is 10.2 Å². The molecule has 1 saturated heterocycles. The van der Waals surface area contributed by atoms with E-state index in [0.29, 0.717) is 18.7 Å². The van der Waals surface area contributed by atoms with Crippen LogP contribution in [0.5, 0.6) is 0 Å². The number of aromatic nitrogens is 4. The van der Waals surface area contributed by atoms with E-state index in [2.05, 4.69) is 22.0 Å². The molecule has 1 aliphatic heterocycles. The van der Waals surface area contributed by atoms with Gasteiger partial charge < -0.3 is 10.0 Å². The number of hydrogen-bond donors (Lipinski definition) is 1. The highest BCUT2D eigenvalue weighted by Crippen LogP contribution is 2.11. The summed E-state index contributed by atoms with van der Waals surface area (Å²) in [7, 11) is 0. The fraction of sp³-hybridized carbons (Fsp3) is 0.500. The van der Waals surface area contributed by atoms with Crippen LogP contribution < -0.4 is 0 Å². The number of carbonyl (C=O) groups excluding carboxylic acids is 1. The van der Waals surface area contributed by atoms with Crippen molar-refractivity contribution in [1.82, 2.24) is 29.4 Å². The Labute approximate surface area is 145 Å². The first kappa shape index (κ1) is 17.2. The summed E-state index contributed by atoms with van der Waals surface area (Å²) in [5, 5.41) is 17.0. The van der Waals surface area contributed by atoms with Gasteiger partial charge >= 0.3 is 5.97 Å². The Balaban J connectivity index is 1.52. The second-order valence-corrected chi connectivity index (χ2v) is 6.09. The van der Waals surface area contributed by atoms with Gasteiger partial charge in [0.15, 0.2) is 0 Å². The number of aliphatic carboxylic acids is 1. The molecule has 9 heteroatoms. The topological polar surface area (TPSA) is 96.5 Å². The number of aryl methyl sites for hydroxylation is 1. The molecule has 3 heterocycles. The number of carboxylic acids is 1. The molecule has 2 aromatic rings. The molecule has 25 heavy (non-hydrogen) atoms. The van der Waals surface area contributed by atoms with Crippen molar-refractivity contribution in [3.8, 4) is 0 Å². The van der Waals surface area contributed by atoms with Crippen LogP contribution in [0, 0.1) is 0 Å². The standard InChI is InChI=1S/C16H22N6O3/c1-2-21-10-13(7-17-21)9-19-3-5-20(6-4-19)16(25)14-8-18-22(11-14)12-15(23)24/h7-8,10-11H,2-6,9,12H2,1H3,(H,23,24). The molecule has 0 spiro atoms. The molecule has 0 saturated carbocycles. The Morgan fingerprint density at radius 2 is 1.80 bits per heavy atom.